The van der Waals surface area contributed by atoms with Gasteiger partial charge in [-0.05, 0) is 6.92 Å². The van der Waals surface area contributed by atoms with Crippen LogP contribution in [0.1, 0.15) is 6.92 Å². The molecule has 0 aliphatic carbocycles. The van der Waals surface area contributed by atoms with Crippen LogP contribution in [0.2, 0.25) is 0 Å². The Morgan fingerprint density at radius 2 is 2.20 bits per heavy atom. The van der Waals surface area contributed by atoms with E-state index in [1.807, 2.05) is 16.7 Å². The second-order valence-electron chi connectivity index (χ2n) is 5.33. The molecule has 3 rings (SSSR count). The maximum Gasteiger partial charge on any atom is 0.317 e. The van der Waals surface area contributed by atoms with Gasteiger partial charge in [-0.1, -0.05) is 0 Å². The highest BCUT2D eigenvalue weighted by Crippen LogP contribution is 2.16. The van der Waals surface area contributed by atoms with E-state index >= 15 is 0 Å². The van der Waals surface area contributed by atoms with Crippen molar-refractivity contribution in [3.63, 3.8) is 0 Å². The van der Waals surface area contributed by atoms with Crippen LogP contribution >= 0.6 is 12.4 Å². The van der Waals surface area contributed by atoms with Crippen molar-refractivity contribution in [2.75, 3.05) is 39.3 Å². The van der Waals surface area contributed by atoms with Gasteiger partial charge in [0.1, 0.15) is 6.04 Å². The summed E-state index contributed by atoms with van der Waals surface area (Å²) in [7, 11) is 0. The van der Waals surface area contributed by atoms with Crippen LogP contribution in [0.3, 0.4) is 0 Å². The summed E-state index contributed by atoms with van der Waals surface area (Å²) in [6.07, 6.45) is -0.0948. The SMILES string of the molecule is C[C@H]1OCCN[C@@H]1C(=O)N1CCN2C(=O)NCC2C1.Cl. The van der Waals surface area contributed by atoms with Gasteiger partial charge in [0.2, 0.25) is 5.91 Å². The Labute approximate surface area is 124 Å². The number of carbonyl (C=O) groups is 2. The Kier molecular flexibility index (Phi) is 4.72. The summed E-state index contributed by atoms with van der Waals surface area (Å²) in [6, 6.07) is -0.153. The Morgan fingerprint density at radius 3 is 2.95 bits per heavy atom. The zero-order chi connectivity index (χ0) is 13.4. The number of fused-ring (bicyclic) bond motifs is 1. The summed E-state index contributed by atoms with van der Waals surface area (Å²) in [5.41, 5.74) is 0. The molecule has 0 spiro atoms. The first-order chi connectivity index (χ1) is 9.16. The molecule has 3 atom stereocenters. The summed E-state index contributed by atoms with van der Waals surface area (Å²) in [4.78, 5) is 27.7. The van der Waals surface area contributed by atoms with E-state index in [2.05, 4.69) is 10.6 Å². The largest absolute Gasteiger partial charge is 0.375 e. The molecule has 0 saturated carbocycles. The van der Waals surface area contributed by atoms with Crippen LogP contribution in [0.4, 0.5) is 4.79 Å². The molecule has 3 heterocycles. The molecule has 0 bridgehead atoms. The number of piperazine rings is 1. The fraction of sp³-hybridized carbons (Fsp3) is 0.833. The maximum absolute atomic E-state index is 12.5. The lowest BCUT2D eigenvalue weighted by Gasteiger charge is -2.40. The minimum Gasteiger partial charge on any atom is -0.375 e. The van der Waals surface area contributed by atoms with Gasteiger partial charge in [0, 0.05) is 32.7 Å². The van der Waals surface area contributed by atoms with E-state index in [1.54, 1.807) is 0 Å². The molecular formula is C12H21ClN4O3. The Bertz CT molecular complexity index is 395. The molecule has 2 N–H and O–H groups in total. The van der Waals surface area contributed by atoms with Crippen LogP contribution in [0.15, 0.2) is 0 Å². The van der Waals surface area contributed by atoms with Crippen LogP contribution in [0.5, 0.6) is 0 Å². The summed E-state index contributed by atoms with van der Waals surface area (Å²) >= 11 is 0. The smallest absolute Gasteiger partial charge is 0.317 e. The van der Waals surface area contributed by atoms with Crippen LogP contribution in [0, 0.1) is 0 Å². The predicted molar refractivity (Wildman–Crippen MR) is 74.9 cm³/mol. The van der Waals surface area contributed by atoms with Crippen molar-refractivity contribution in [1.82, 2.24) is 20.4 Å². The number of rotatable bonds is 1. The number of carbonyl (C=O) groups excluding carboxylic acids is 2. The highest BCUT2D eigenvalue weighted by Gasteiger charge is 2.39. The van der Waals surface area contributed by atoms with Gasteiger partial charge in [0.05, 0.1) is 18.8 Å². The molecule has 0 aromatic carbocycles. The minimum atomic E-state index is -0.259. The number of urea groups is 1. The fourth-order valence-electron chi connectivity index (χ4n) is 3.01. The molecule has 3 aliphatic rings. The minimum absolute atomic E-state index is 0. The molecule has 114 valence electrons. The Morgan fingerprint density at radius 1 is 1.40 bits per heavy atom. The third-order valence-electron chi connectivity index (χ3n) is 4.13. The number of ether oxygens (including phenoxy) is 1. The van der Waals surface area contributed by atoms with E-state index in [4.69, 9.17) is 4.74 Å². The third kappa shape index (κ3) is 2.70. The first-order valence-electron chi connectivity index (χ1n) is 6.85. The van der Waals surface area contributed by atoms with Crippen molar-refractivity contribution in [3.05, 3.63) is 0 Å². The number of nitrogens with zero attached hydrogens (tertiary/aromatic N) is 2. The fourth-order valence-corrected chi connectivity index (χ4v) is 3.01. The monoisotopic (exact) mass is 304 g/mol. The second-order valence-corrected chi connectivity index (χ2v) is 5.33. The molecule has 8 heteroatoms. The normalized spacial score (nSPS) is 33.2. The van der Waals surface area contributed by atoms with Gasteiger partial charge in [-0.25, -0.2) is 4.79 Å². The molecule has 3 saturated heterocycles. The zero-order valence-corrected chi connectivity index (χ0v) is 12.3. The van der Waals surface area contributed by atoms with Crippen molar-refractivity contribution in [2.24, 2.45) is 0 Å². The van der Waals surface area contributed by atoms with E-state index in [0.29, 0.717) is 39.3 Å². The average molecular weight is 305 g/mol. The highest BCUT2D eigenvalue weighted by atomic mass is 35.5. The molecule has 3 amide bonds. The summed E-state index contributed by atoms with van der Waals surface area (Å²) in [5, 5.41) is 6.04. The molecule has 3 aliphatic heterocycles. The molecular weight excluding hydrogens is 284 g/mol. The number of hydrogen-bond acceptors (Lipinski definition) is 4. The van der Waals surface area contributed by atoms with E-state index < -0.39 is 0 Å². The quantitative estimate of drug-likeness (QED) is 0.653. The Hall–Kier alpha value is -1.05. The zero-order valence-electron chi connectivity index (χ0n) is 11.5. The van der Waals surface area contributed by atoms with E-state index in [-0.39, 0.29) is 42.5 Å². The van der Waals surface area contributed by atoms with Crippen molar-refractivity contribution in [3.8, 4) is 0 Å². The maximum atomic E-state index is 12.5. The lowest BCUT2D eigenvalue weighted by atomic mass is 10.1. The van der Waals surface area contributed by atoms with Crippen molar-refractivity contribution < 1.29 is 14.3 Å². The first-order valence-corrected chi connectivity index (χ1v) is 6.85. The Balaban J connectivity index is 0.00000147. The molecule has 1 unspecified atom stereocenters. The van der Waals surface area contributed by atoms with E-state index in [9.17, 15) is 9.59 Å². The molecule has 7 nitrogen and oxygen atoms in total. The van der Waals surface area contributed by atoms with E-state index in [1.165, 1.54) is 0 Å². The van der Waals surface area contributed by atoms with Crippen LogP contribution in [-0.4, -0.2) is 79.3 Å². The summed E-state index contributed by atoms with van der Waals surface area (Å²) in [5.74, 6) is 0.0891. The van der Waals surface area contributed by atoms with Crippen LogP contribution < -0.4 is 10.6 Å². The van der Waals surface area contributed by atoms with Crippen LogP contribution in [-0.2, 0) is 9.53 Å². The van der Waals surface area contributed by atoms with Gasteiger partial charge < -0.3 is 25.2 Å². The van der Waals surface area contributed by atoms with Gasteiger partial charge >= 0.3 is 6.03 Å². The second kappa shape index (κ2) is 6.15. The molecule has 20 heavy (non-hydrogen) atoms. The van der Waals surface area contributed by atoms with Gasteiger partial charge in [-0.15, -0.1) is 12.4 Å². The van der Waals surface area contributed by atoms with Crippen molar-refractivity contribution in [2.45, 2.75) is 25.1 Å². The topological polar surface area (TPSA) is 73.9 Å². The number of morpholine rings is 1. The lowest BCUT2D eigenvalue weighted by Crippen LogP contribution is -2.61. The van der Waals surface area contributed by atoms with E-state index in [0.717, 1.165) is 0 Å². The highest BCUT2D eigenvalue weighted by molar-refractivity contribution is 5.85. The third-order valence-corrected chi connectivity index (χ3v) is 4.13. The number of halogens is 1. The number of amides is 3. The summed E-state index contributed by atoms with van der Waals surface area (Å²) < 4.78 is 5.52. The summed E-state index contributed by atoms with van der Waals surface area (Å²) in [6.45, 7) is 5.75. The molecule has 0 aromatic rings. The number of hydrogen-bond donors (Lipinski definition) is 2. The van der Waals surface area contributed by atoms with Gasteiger partial charge in [0.15, 0.2) is 0 Å². The van der Waals surface area contributed by atoms with Gasteiger partial charge in [-0.3, -0.25) is 4.79 Å². The van der Waals surface area contributed by atoms with Crippen molar-refractivity contribution in [1.29, 1.82) is 0 Å². The lowest BCUT2D eigenvalue weighted by molar-refractivity contribution is -0.141. The van der Waals surface area contributed by atoms with Crippen LogP contribution in [0.25, 0.3) is 0 Å². The molecule has 0 aromatic heterocycles. The standard InChI is InChI=1S/C12H20N4O3.ClH/c1-8-10(13-2-5-19-8)11(17)15-3-4-16-9(7-15)6-14-12(16)18;/h8-10,13H,2-7H2,1H3,(H,14,18);1H/t8-,9?,10+;/m1./s1. The average Bonchev–Trinajstić information content (AvgIpc) is 2.80. The van der Waals surface area contributed by atoms with Gasteiger partial charge in [0.25, 0.3) is 0 Å². The first kappa shape index (κ1) is 15.3. The van der Waals surface area contributed by atoms with Crippen molar-refractivity contribution >= 4 is 24.3 Å². The number of nitrogens with one attached hydrogen (secondary N) is 2. The van der Waals surface area contributed by atoms with Gasteiger partial charge in [-0.2, -0.15) is 0 Å². The molecule has 0 radical (unpaired) electrons. The predicted octanol–water partition coefficient (Wildman–Crippen LogP) is -0.979. The molecule has 3 fully saturated rings.